The molecule has 0 radical (unpaired) electrons. The van der Waals surface area contributed by atoms with Gasteiger partial charge in [0.1, 0.15) is 11.6 Å². The third-order valence-corrected chi connectivity index (χ3v) is 7.35. The molecule has 0 atom stereocenters. The third-order valence-electron chi connectivity index (χ3n) is 7.35. The molecule has 3 aliphatic heterocycles. The van der Waals surface area contributed by atoms with Crippen LogP contribution in [0.3, 0.4) is 0 Å². The average Bonchev–Trinajstić information content (AvgIpc) is 3.49. The van der Waals surface area contributed by atoms with Crippen molar-refractivity contribution < 1.29 is 37.7 Å². The van der Waals surface area contributed by atoms with Gasteiger partial charge in [-0.05, 0) is 80.6 Å². The van der Waals surface area contributed by atoms with Crippen molar-refractivity contribution in [1.29, 1.82) is 0 Å². The first-order valence-electron chi connectivity index (χ1n) is 12.8. The van der Waals surface area contributed by atoms with E-state index < -0.39 is 7.82 Å². The van der Waals surface area contributed by atoms with Crippen LogP contribution in [-0.2, 0) is 22.2 Å². The third kappa shape index (κ3) is 6.24. The number of ether oxygens (including phenoxy) is 1. The molecule has 0 saturated carbocycles. The summed E-state index contributed by atoms with van der Waals surface area (Å²) in [6.07, 6.45) is 5.39. The number of rotatable bonds is 6. The number of likely N-dealkylation sites (tertiary alicyclic amines) is 1. The predicted octanol–water partition coefficient (Wildman–Crippen LogP) is 3.52. The largest absolute Gasteiger partial charge is 0.494 e. The molecule has 10 nitrogen and oxygen atoms in total. The highest BCUT2D eigenvalue weighted by Gasteiger charge is 2.31. The fraction of sp³-hybridized carbons (Fsp3) is 0.462. The smallest absolute Gasteiger partial charge is 0.466 e. The predicted molar refractivity (Wildman–Crippen MR) is 138 cm³/mol. The summed E-state index contributed by atoms with van der Waals surface area (Å²) in [5.41, 5.74) is 5.15. The number of hydrogen-bond donors (Lipinski definition) is 3. The highest BCUT2D eigenvalue weighted by atomic mass is 31.2. The Hall–Kier alpha value is -2.82. The van der Waals surface area contributed by atoms with Crippen LogP contribution in [0.25, 0.3) is 11.0 Å². The molecule has 3 aromatic rings. The van der Waals surface area contributed by atoms with Crippen molar-refractivity contribution in [2.45, 2.75) is 44.4 Å². The monoisotopic (exact) mass is 547 g/mol. The molecule has 0 unspecified atom stereocenters. The minimum absolute atomic E-state index is 0.254. The van der Waals surface area contributed by atoms with Gasteiger partial charge in [-0.2, -0.15) is 0 Å². The number of amides is 1. The van der Waals surface area contributed by atoms with E-state index in [4.69, 9.17) is 28.5 Å². The van der Waals surface area contributed by atoms with Gasteiger partial charge in [-0.1, -0.05) is 5.16 Å². The molecule has 3 N–H and O–H groups in total. The van der Waals surface area contributed by atoms with Gasteiger partial charge in [-0.3, -0.25) is 4.79 Å². The first-order chi connectivity index (χ1) is 18.2. The topological polar surface area (TPSA) is 137 Å². The van der Waals surface area contributed by atoms with Gasteiger partial charge in [0.05, 0.1) is 18.0 Å². The number of hydrogen-bond acceptors (Lipinski definition) is 6. The summed E-state index contributed by atoms with van der Waals surface area (Å²) in [6.45, 7) is 4.56. The molecule has 2 aromatic carbocycles. The molecule has 3 aliphatic rings. The SMILES string of the molecule is O=C1CCc2cc(OCCCN3CCC(c4noc5cc(F)ccc45)CC3)cc3c2N1CC3.O=P(O)(O)O. The number of carbonyl (C=O) groups excluding carboxylic acids is 1. The van der Waals surface area contributed by atoms with Crippen molar-refractivity contribution in [3.8, 4) is 5.75 Å². The summed E-state index contributed by atoms with van der Waals surface area (Å²) in [5.74, 6) is 1.26. The molecule has 0 aliphatic carbocycles. The lowest BCUT2D eigenvalue weighted by Crippen LogP contribution is -2.34. The van der Waals surface area contributed by atoms with E-state index in [0.717, 1.165) is 80.8 Å². The molecule has 1 aromatic heterocycles. The number of nitrogens with zero attached hydrogens (tertiary/aromatic N) is 3. The number of phosphoric acid groups is 1. The van der Waals surface area contributed by atoms with Crippen LogP contribution in [0.5, 0.6) is 5.75 Å². The van der Waals surface area contributed by atoms with Crippen LogP contribution in [0.1, 0.15) is 48.4 Å². The van der Waals surface area contributed by atoms with Crippen molar-refractivity contribution in [3.63, 3.8) is 0 Å². The van der Waals surface area contributed by atoms with Crippen molar-refractivity contribution in [2.75, 3.05) is 37.7 Å². The Morgan fingerprint density at radius 3 is 2.50 bits per heavy atom. The second-order valence-electron chi connectivity index (χ2n) is 9.93. The number of piperidine rings is 1. The van der Waals surface area contributed by atoms with Gasteiger partial charge in [0.2, 0.25) is 5.91 Å². The summed E-state index contributed by atoms with van der Waals surface area (Å²) in [6, 6.07) is 8.92. The zero-order valence-corrected chi connectivity index (χ0v) is 21.8. The Bertz CT molecular complexity index is 1360. The summed E-state index contributed by atoms with van der Waals surface area (Å²) in [5, 5.41) is 5.18. The number of fused-ring (bicyclic) bond motifs is 1. The van der Waals surface area contributed by atoms with Gasteiger partial charge >= 0.3 is 7.82 Å². The van der Waals surface area contributed by atoms with E-state index in [1.807, 2.05) is 4.90 Å². The molecular weight excluding hydrogens is 516 g/mol. The molecule has 38 heavy (non-hydrogen) atoms. The lowest BCUT2D eigenvalue weighted by Gasteiger charge is -2.31. The van der Waals surface area contributed by atoms with E-state index in [-0.39, 0.29) is 11.7 Å². The van der Waals surface area contributed by atoms with Crippen molar-refractivity contribution >= 4 is 30.4 Å². The van der Waals surface area contributed by atoms with Gasteiger partial charge in [0, 0.05) is 36.9 Å². The molecular formula is C26H31FN3O7P. The van der Waals surface area contributed by atoms with Gasteiger partial charge in [-0.25, -0.2) is 8.96 Å². The Morgan fingerprint density at radius 1 is 1.05 bits per heavy atom. The first kappa shape index (κ1) is 26.8. The molecule has 6 rings (SSSR count). The standard InChI is InChI=1S/C26H28FN3O3.H3O4P/c27-20-3-4-22-23(16-20)33-28-25(22)17-6-10-29(11-7-17)9-1-13-32-21-14-18-2-5-24(31)30-12-8-19(15-21)26(18)30;1-5(2,3)4/h3-4,14-17H,1-2,5-13H2;(H3,1,2,3,4). The average molecular weight is 548 g/mol. The van der Waals surface area contributed by atoms with Crippen LogP contribution in [0, 0.1) is 5.82 Å². The molecule has 204 valence electrons. The Balaban J connectivity index is 0.000000540. The summed E-state index contributed by atoms with van der Waals surface area (Å²) < 4.78 is 33.7. The summed E-state index contributed by atoms with van der Waals surface area (Å²) in [7, 11) is -4.64. The maximum absolute atomic E-state index is 13.4. The van der Waals surface area contributed by atoms with Crippen molar-refractivity contribution in [1.82, 2.24) is 10.1 Å². The minimum Gasteiger partial charge on any atom is -0.494 e. The number of aryl methyl sites for hydroxylation is 1. The summed E-state index contributed by atoms with van der Waals surface area (Å²) >= 11 is 0. The van der Waals surface area contributed by atoms with Crippen LogP contribution >= 0.6 is 7.82 Å². The fourth-order valence-corrected chi connectivity index (χ4v) is 5.64. The van der Waals surface area contributed by atoms with Gasteiger partial charge in [0.25, 0.3) is 0 Å². The number of benzene rings is 2. The zero-order valence-electron chi connectivity index (χ0n) is 20.9. The van der Waals surface area contributed by atoms with E-state index in [0.29, 0.717) is 24.5 Å². The maximum Gasteiger partial charge on any atom is 0.466 e. The van der Waals surface area contributed by atoms with Gasteiger partial charge in [-0.15, -0.1) is 0 Å². The summed E-state index contributed by atoms with van der Waals surface area (Å²) in [4.78, 5) is 38.1. The van der Waals surface area contributed by atoms with Crippen molar-refractivity contribution in [2.24, 2.45) is 0 Å². The van der Waals surface area contributed by atoms with E-state index >= 15 is 0 Å². The van der Waals surface area contributed by atoms with Crippen LogP contribution in [0.2, 0.25) is 0 Å². The maximum atomic E-state index is 13.4. The number of aromatic nitrogens is 1. The second-order valence-corrected chi connectivity index (χ2v) is 11.0. The molecule has 0 spiro atoms. The molecule has 1 fully saturated rings. The van der Waals surface area contributed by atoms with Crippen LogP contribution in [0.15, 0.2) is 34.9 Å². The van der Waals surface area contributed by atoms with E-state index in [9.17, 15) is 9.18 Å². The van der Waals surface area contributed by atoms with Crippen LogP contribution < -0.4 is 9.64 Å². The van der Waals surface area contributed by atoms with E-state index in [1.165, 1.54) is 23.3 Å². The quantitative estimate of drug-likeness (QED) is 0.313. The Kier molecular flexibility index (Phi) is 7.83. The van der Waals surface area contributed by atoms with E-state index in [2.05, 4.69) is 22.2 Å². The molecule has 12 heteroatoms. The van der Waals surface area contributed by atoms with Gasteiger partial charge < -0.3 is 33.7 Å². The first-order valence-corrected chi connectivity index (χ1v) is 14.4. The van der Waals surface area contributed by atoms with E-state index in [1.54, 1.807) is 6.07 Å². The second kappa shape index (κ2) is 11.1. The lowest BCUT2D eigenvalue weighted by molar-refractivity contribution is -0.118. The molecule has 1 amide bonds. The van der Waals surface area contributed by atoms with Crippen LogP contribution in [-0.4, -0.2) is 63.4 Å². The minimum atomic E-state index is -4.64. The number of anilines is 1. The Morgan fingerprint density at radius 2 is 1.76 bits per heavy atom. The fourth-order valence-electron chi connectivity index (χ4n) is 5.64. The highest BCUT2D eigenvalue weighted by Crippen LogP contribution is 2.39. The van der Waals surface area contributed by atoms with Gasteiger partial charge in [0.15, 0.2) is 5.58 Å². The number of carbonyl (C=O) groups is 1. The lowest BCUT2D eigenvalue weighted by atomic mass is 9.91. The highest BCUT2D eigenvalue weighted by molar-refractivity contribution is 7.45. The Labute approximate surface area is 219 Å². The molecule has 4 heterocycles. The normalized spacial score (nSPS) is 17.9. The van der Waals surface area contributed by atoms with Crippen LogP contribution in [0.4, 0.5) is 10.1 Å². The number of halogens is 1. The molecule has 0 bridgehead atoms. The zero-order chi connectivity index (χ0) is 26.9. The van der Waals surface area contributed by atoms with Crippen molar-refractivity contribution in [3.05, 3.63) is 53.0 Å². The molecule has 1 saturated heterocycles.